The van der Waals surface area contributed by atoms with Gasteiger partial charge in [0.05, 0.1) is 16.8 Å². The molecular formula is C19H28BN3O2. The van der Waals surface area contributed by atoms with Crippen LogP contribution in [0.2, 0.25) is 0 Å². The number of hydrogen-bond acceptors (Lipinski definition) is 5. The lowest BCUT2D eigenvalue weighted by molar-refractivity contribution is 0.00578. The Hall–Kier alpha value is -1.58. The zero-order chi connectivity index (χ0) is 18.1. The minimum atomic E-state index is -0.489. The van der Waals surface area contributed by atoms with Crippen LogP contribution in [0.4, 0.5) is 5.82 Å². The van der Waals surface area contributed by atoms with Gasteiger partial charge >= 0.3 is 7.12 Å². The van der Waals surface area contributed by atoms with Crippen molar-refractivity contribution in [1.82, 2.24) is 4.98 Å². The molecule has 0 bridgehead atoms. The van der Waals surface area contributed by atoms with Gasteiger partial charge in [-0.1, -0.05) is 19.3 Å². The minimum absolute atomic E-state index is 0.400. The van der Waals surface area contributed by atoms with Gasteiger partial charge in [-0.3, -0.25) is 0 Å². The number of nitriles is 1. The van der Waals surface area contributed by atoms with E-state index in [4.69, 9.17) is 9.31 Å². The third-order valence-corrected chi connectivity index (χ3v) is 5.84. The number of pyridine rings is 1. The van der Waals surface area contributed by atoms with Crippen LogP contribution < -0.4 is 10.8 Å². The summed E-state index contributed by atoms with van der Waals surface area (Å²) in [6, 6.07) is 4.08. The second-order valence-electron chi connectivity index (χ2n) is 8.25. The maximum absolute atomic E-state index is 9.52. The first-order chi connectivity index (χ1) is 11.8. The Morgan fingerprint density at radius 3 is 2.44 bits per heavy atom. The van der Waals surface area contributed by atoms with E-state index >= 15 is 0 Å². The summed E-state index contributed by atoms with van der Waals surface area (Å²) >= 11 is 0. The fraction of sp³-hybridized carbons (Fsp3) is 0.684. The largest absolute Gasteiger partial charge is 0.496 e. The molecule has 1 aliphatic heterocycles. The Morgan fingerprint density at radius 2 is 1.84 bits per heavy atom. The van der Waals surface area contributed by atoms with E-state index in [-0.39, 0.29) is 0 Å². The van der Waals surface area contributed by atoms with Crippen molar-refractivity contribution in [1.29, 1.82) is 5.26 Å². The zero-order valence-electron chi connectivity index (χ0n) is 15.8. The Bertz CT molecular complexity index is 647. The molecule has 2 heterocycles. The number of nitrogens with zero attached hydrogens (tertiary/aromatic N) is 2. The summed E-state index contributed by atoms with van der Waals surface area (Å²) in [5.74, 6) is 1.35. The SMILES string of the molecule is CC1(C)OB(c2cnc(NCC3CCCCC3)c(C#N)c2)OC1(C)C. The Balaban J connectivity index is 1.71. The molecule has 134 valence electrons. The molecule has 3 rings (SSSR count). The van der Waals surface area contributed by atoms with Crippen LogP contribution in [-0.2, 0) is 9.31 Å². The average Bonchev–Trinajstić information content (AvgIpc) is 2.81. The summed E-state index contributed by atoms with van der Waals surface area (Å²) in [5.41, 5.74) is 0.534. The van der Waals surface area contributed by atoms with Crippen LogP contribution >= 0.6 is 0 Å². The first-order valence-corrected chi connectivity index (χ1v) is 9.32. The van der Waals surface area contributed by atoms with Crippen LogP contribution in [-0.4, -0.2) is 29.8 Å². The van der Waals surface area contributed by atoms with Crippen molar-refractivity contribution in [3.8, 4) is 6.07 Å². The molecule has 1 saturated heterocycles. The van der Waals surface area contributed by atoms with E-state index < -0.39 is 18.3 Å². The lowest BCUT2D eigenvalue weighted by Gasteiger charge is -2.32. The fourth-order valence-corrected chi connectivity index (χ4v) is 3.45. The fourth-order valence-electron chi connectivity index (χ4n) is 3.45. The number of hydrogen-bond donors (Lipinski definition) is 1. The maximum atomic E-state index is 9.52. The van der Waals surface area contributed by atoms with Crippen LogP contribution in [0, 0.1) is 17.2 Å². The number of nitrogens with one attached hydrogen (secondary N) is 1. The summed E-state index contributed by atoms with van der Waals surface area (Å²) in [6.07, 6.45) is 8.26. The highest BCUT2D eigenvalue weighted by Gasteiger charge is 2.51. The van der Waals surface area contributed by atoms with Gasteiger partial charge in [0.2, 0.25) is 0 Å². The highest BCUT2D eigenvalue weighted by Crippen LogP contribution is 2.36. The van der Waals surface area contributed by atoms with Gasteiger partial charge in [0.15, 0.2) is 0 Å². The molecule has 0 amide bonds. The number of rotatable bonds is 4. The Morgan fingerprint density at radius 1 is 1.20 bits per heavy atom. The third kappa shape index (κ3) is 3.83. The van der Waals surface area contributed by atoms with E-state index in [0.717, 1.165) is 12.0 Å². The molecule has 2 fully saturated rings. The normalized spacial score (nSPS) is 22.6. The highest BCUT2D eigenvalue weighted by molar-refractivity contribution is 6.62. The molecule has 5 nitrogen and oxygen atoms in total. The topological polar surface area (TPSA) is 67.2 Å². The summed E-state index contributed by atoms with van der Waals surface area (Å²) in [6.45, 7) is 8.96. The van der Waals surface area contributed by atoms with Crippen molar-refractivity contribution in [2.75, 3.05) is 11.9 Å². The number of aromatic nitrogens is 1. The van der Waals surface area contributed by atoms with Crippen molar-refractivity contribution < 1.29 is 9.31 Å². The van der Waals surface area contributed by atoms with Gasteiger partial charge in [0, 0.05) is 18.2 Å². The van der Waals surface area contributed by atoms with Crippen molar-refractivity contribution in [3.63, 3.8) is 0 Å². The first kappa shape index (κ1) is 18.2. The van der Waals surface area contributed by atoms with Crippen LogP contribution in [0.1, 0.15) is 65.4 Å². The lowest BCUT2D eigenvalue weighted by Crippen LogP contribution is -2.41. The first-order valence-electron chi connectivity index (χ1n) is 9.32. The smallest absolute Gasteiger partial charge is 0.399 e. The summed E-state index contributed by atoms with van der Waals surface area (Å²) < 4.78 is 12.1. The van der Waals surface area contributed by atoms with Crippen LogP contribution in [0.5, 0.6) is 0 Å². The van der Waals surface area contributed by atoms with Crippen molar-refractivity contribution in [3.05, 3.63) is 17.8 Å². The predicted molar refractivity (Wildman–Crippen MR) is 99.7 cm³/mol. The molecular weight excluding hydrogens is 313 g/mol. The molecule has 0 unspecified atom stereocenters. The molecule has 2 aliphatic rings. The van der Waals surface area contributed by atoms with E-state index in [0.29, 0.717) is 17.3 Å². The molecule has 0 radical (unpaired) electrons. The summed E-state index contributed by atoms with van der Waals surface area (Å²) in [5, 5.41) is 12.9. The second kappa shape index (κ2) is 6.97. The molecule has 1 N–H and O–H groups in total. The van der Waals surface area contributed by atoms with Gasteiger partial charge < -0.3 is 14.6 Å². The van der Waals surface area contributed by atoms with E-state index in [1.165, 1.54) is 32.1 Å². The molecule has 25 heavy (non-hydrogen) atoms. The van der Waals surface area contributed by atoms with E-state index in [9.17, 15) is 5.26 Å². The van der Waals surface area contributed by atoms with Crippen molar-refractivity contribution >= 4 is 18.4 Å². The van der Waals surface area contributed by atoms with Gasteiger partial charge in [-0.05, 0) is 52.5 Å². The van der Waals surface area contributed by atoms with Crippen molar-refractivity contribution in [2.45, 2.75) is 71.0 Å². The van der Waals surface area contributed by atoms with Crippen molar-refractivity contribution in [2.24, 2.45) is 5.92 Å². The molecule has 1 saturated carbocycles. The van der Waals surface area contributed by atoms with Gasteiger partial charge in [-0.2, -0.15) is 5.26 Å². The average molecular weight is 341 g/mol. The van der Waals surface area contributed by atoms with Crippen LogP contribution in [0.15, 0.2) is 12.3 Å². The third-order valence-electron chi connectivity index (χ3n) is 5.84. The molecule has 0 atom stereocenters. The minimum Gasteiger partial charge on any atom is -0.399 e. The standard InChI is InChI=1S/C19H28BN3O2/c1-18(2)19(3,4)25-20(24-18)16-10-15(11-21)17(23-13-16)22-12-14-8-6-5-7-9-14/h10,13-14H,5-9,12H2,1-4H3,(H,22,23). The van der Waals surface area contributed by atoms with E-state index in [1.54, 1.807) is 6.20 Å². The Kier molecular flexibility index (Phi) is 5.08. The van der Waals surface area contributed by atoms with Gasteiger partial charge in [-0.15, -0.1) is 0 Å². The lowest BCUT2D eigenvalue weighted by atomic mass is 9.79. The highest BCUT2D eigenvalue weighted by atomic mass is 16.7. The molecule has 6 heteroatoms. The van der Waals surface area contributed by atoms with E-state index in [1.807, 2.05) is 33.8 Å². The number of anilines is 1. The summed E-state index contributed by atoms with van der Waals surface area (Å²) in [7, 11) is -0.489. The maximum Gasteiger partial charge on any atom is 0.496 e. The quantitative estimate of drug-likeness (QED) is 0.852. The molecule has 1 aliphatic carbocycles. The molecule has 1 aromatic heterocycles. The second-order valence-corrected chi connectivity index (χ2v) is 8.25. The van der Waals surface area contributed by atoms with Gasteiger partial charge in [0.1, 0.15) is 11.9 Å². The summed E-state index contributed by atoms with van der Waals surface area (Å²) in [4.78, 5) is 4.48. The molecule has 1 aromatic rings. The predicted octanol–water partition coefficient (Wildman–Crippen LogP) is 3.24. The zero-order valence-corrected chi connectivity index (χ0v) is 15.8. The Labute approximate surface area is 151 Å². The monoisotopic (exact) mass is 341 g/mol. The van der Waals surface area contributed by atoms with Crippen LogP contribution in [0.3, 0.4) is 0 Å². The molecule has 0 aromatic carbocycles. The van der Waals surface area contributed by atoms with E-state index in [2.05, 4.69) is 16.4 Å². The van der Waals surface area contributed by atoms with Gasteiger partial charge in [0.25, 0.3) is 0 Å². The van der Waals surface area contributed by atoms with Gasteiger partial charge in [-0.25, -0.2) is 4.98 Å². The molecule has 0 spiro atoms. The van der Waals surface area contributed by atoms with Crippen LogP contribution in [0.25, 0.3) is 0 Å².